The number of methoxy groups -OCH3 is 2. The lowest BCUT2D eigenvalue weighted by Crippen LogP contribution is -2.32. The molecule has 0 aliphatic carbocycles. The molecule has 0 bridgehead atoms. The summed E-state index contributed by atoms with van der Waals surface area (Å²) in [7, 11) is 2.93. The Labute approximate surface area is 118 Å². The number of carbonyl (C=O) groups excluding carboxylic acids is 1. The molecule has 0 saturated heterocycles. The molecule has 1 aromatic rings. The first kappa shape index (κ1) is 15.3. The van der Waals surface area contributed by atoms with Crippen molar-refractivity contribution in [1.29, 1.82) is 0 Å². The van der Waals surface area contributed by atoms with E-state index in [-0.39, 0.29) is 0 Å². The van der Waals surface area contributed by atoms with Gasteiger partial charge in [0.1, 0.15) is 0 Å². The Balaban J connectivity index is 3.30. The fraction of sp³-hybridized carbons (Fsp3) is 0.333. The third kappa shape index (κ3) is 3.60. The lowest BCUT2D eigenvalue weighted by atomic mass is 10.1. The highest BCUT2D eigenvalue weighted by atomic mass is 79.9. The molecule has 0 aliphatic rings. The van der Waals surface area contributed by atoms with E-state index in [1.807, 2.05) is 0 Å². The van der Waals surface area contributed by atoms with Crippen LogP contribution in [-0.2, 0) is 9.59 Å². The standard InChI is InChI=1S/C12H14BrNO5/c1-6(15)14-11(12(16)17)7-4-9(18-2)10(19-3)5-8(7)13/h4-5,11H,1-3H3,(H,14,15)(H,16,17). The Kier molecular flexibility index (Phi) is 5.17. The van der Waals surface area contributed by atoms with Gasteiger partial charge in [-0.05, 0) is 12.1 Å². The third-order valence-electron chi connectivity index (χ3n) is 2.41. The Hall–Kier alpha value is -1.76. The Morgan fingerprint density at radius 3 is 2.21 bits per heavy atom. The lowest BCUT2D eigenvalue weighted by molar-refractivity contribution is -0.141. The maximum atomic E-state index is 11.2. The van der Waals surface area contributed by atoms with Gasteiger partial charge in [-0.15, -0.1) is 0 Å². The molecule has 6 nitrogen and oxygen atoms in total. The number of carboxylic acid groups (broad SMARTS) is 1. The van der Waals surface area contributed by atoms with Gasteiger partial charge >= 0.3 is 5.97 Å². The summed E-state index contributed by atoms with van der Waals surface area (Å²) in [5.74, 6) is -0.750. The number of carboxylic acids is 1. The number of hydrogen-bond acceptors (Lipinski definition) is 4. The summed E-state index contributed by atoms with van der Waals surface area (Å²) in [6.45, 7) is 1.25. The first-order valence-electron chi connectivity index (χ1n) is 5.32. The van der Waals surface area contributed by atoms with E-state index in [0.29, 0.717) is 21.5 Å². The molecule has 0 heterocycles. The minimum absolute atomic E-state index is 0.375. The quantitative estimate of drug-likeness (QED) is 0.858. The number of rotatable bonds is 5. The van der Waals surface area contributed by atoms with Gasteiger partial charge in [0.2, 0.25) is 5.91 Å². The second-order valence-electron chi connectivity index (χ2n) is 3.70. The summed E-state index contributed by atoms with van der Waals surface area (Å²) >= 11 is 3.26. The largest absolute Gasteiger partial charge is 0.493 e. The summed E-state index contributed by atoms with van der Waals surface area (Å²) in [6.07, 6.45) is 0. The zero-order valence-electron chi connectivity index (χ0n) is 10.7. The third-order valence-corrected chi connectivity index (χ3v) is 3.10. The Bertz CT molecular complexity index is 503. The van der Waals surface area contributed by atoms with Crippen molar-refractivity contribution in [3.8, 4) is 11.5 Å². The van der Waals surface area contributed by atoms with Crippen LogP contribution in [0.3, 0.4) is 0 Å². The molecule has 1 amide bonds. The van der Waals surface area contributed by atoms with Gasteiger partial charge in [-0.1, -0.05) is 15.9 Å². The van der Waals surface area contributed by atoms with Gasteiger partial charge < -0.3 is 19.9 Å². The van der Waals surface area contributed by atoms with E-state index < -0.39 is 17.9 Å². The zero-order valence-corrected chi connectivity index (χ0v) is 12.3. The van der Waals surface area contributed by atoms with Gasteiger partial charge in [-0.3, -0.25) is 4.79 Å². The second-order valence-corrected chi connectivity index (χ2v) is 4.55. The molecule has 7 heteroatoms. The molecule has 19 heavy (non-hydrogen) atoms. The highest BCUT2D eigenvalue weighted by Gasteiger charge is 2.25. The van der Waals surface area contributed by atoms with Crippen LogP contribution in [0.15, 0.2) is 16.6 Å². The van der Waals surface area contributed by atoms with Crippen molar-refractivity contribution in [2.45, 2.75) is 13.0 Å². The summed E-state index contributed by atoms with van der Waals surface area (Å²) in [5, 5.41) is 11.5. The summed E-state index contributed by atoms with van der Waals surface area (Å²) in [5.41, 5.74) is 0.375. The highest BCUT2D eigenvalue weighted by Crippen LogP contribution is 2.36. The first-order chi connectivity index (χ1) is 8.90. The molecule has 0 radical (unpaired) electrons. The molecule has 1 atom stereocenters. The minimum Gasteiger partial charge on any atom is -0.493 e. The van der Waals surface area contributed by atoms with Crippen molar-refractivity contribution in [1.82, 2.24) is 5.32 Å². The predicted octanol–water partition coefficient (Wildman–Crippen LogP) is 1.73. The number of ether oxygens (including phenoxy) is 2. The van der Waals surface area contributed by atoms with E-state index in [1.54, 1.807) is 6.07 Å². The van der Waals surface area contributed by atoms with Crippen LogP contribution in [0.1, 0.15) is 18.5 Å². The number of amides is 1. The fourth-order valence-electron chi connectivity index (χ4n) is 1.57. The lowest BCUT2D eigenvalue weighted by Gasteiger charge is -2.17. The molecule has 0 fully saturated rings. The van der Waals surface area contributed by atoms with E-state index in [0.717, 1.165) is 0 Å². The van der Waals surface area contributed by atoms with E-state index in [9.17, 15) is 14.7 Å². The van der Waals surface area contributed by atoms with Crippen molar-refractivity contribution in [3.05, 3.63) is 22.2 Å². The number of benzene rings is 1. The Morgan fingerprint density at radius 2 is 1.79 bits per heavy atom. The van der Waals surface area contributed by atoms with Crippen LogP contribution in [0, 0.1) is 0 Å². The summed E-state index contributed by atoms with van der Waals surface area (Å²) in [4.78, 5) is 22.3. The van der Waals surface area contributed by atoms with Crippen molar-refractivity contribution in [2.24, 2.45) is 0 Å². The second kappa shape index (κ2) is 6.42. The monoisotopic (exact) mass is 331 g/mol. The van der Waals surface area contributed by atoms with Gasteiger partial charge in [0.15, 0.2) is 17.5 Å². The number of aliphatic carboxylic acids is 1. The molecule has 1 aromatic carbocycles. The first-order valence-corrected chi connectivity index (χ1v) is 6.11. The fourth-order valence-corrected chi connectivity index (χ4v) is 2.12. The van der Waals surface area contributed by atoms with E-state index in [4.69, 9.17) is 9.47 Å². The van der Waals surface area contributed by atoms with Crippen LogP contribution >= 0.6 is 15.9 Å². The van der Waals surface area contributed by atoms with E-state index in [2.05, 4.69) is 21.2 Å². The smallest absolute Gasteiger partial charge is 0.330 e. The SMILES string of the molecule is COc1cc(Br)c(C(NC(C)=O)C(=O)O)cc1OC. The average molecular weight is 332 g/mol. The predicted molar refractivity (Wildman–Crippen MR) is 71.4 cm³/mol. The van der Waals surface area contributed by atoms with E-state index in [1.165, 1.54) is 27.2 Å². The van der Waals surface area contributed by atoms with Crippen LogP contribution < -0.4 is 14.8 Å². The van der Waals surface area contributed by atoms with Crippen molar-refractivity contribution in [2.75, 3.05) is 14.2 Å². The van der Waals surface area contributed by atoms with Crippen molar-refractivity contribution in [3.63, 3.8) is 0 Å². The van der Waals surface area contributed by atoms with Crippen LogP contribution in [0.25, 0.3) is 0 Å². The topological polar surface area (TPSA) is 84.9 Å². The summed E-state index contributed by atoms with van der Waals surface area (Å²) in [6, 6.07) is 1.94. The molecular formula is C12H14BrNO5. The highest BCUT2D eigenvalue weighted by molar-refractivity contribution is 9.10. The number of hydrogen-bond donors (Lipinski definition) is 2. The molecule has 0 saturated carbocycles. The Morgan fingerprint density at radius 1 is 1.26 bits per heavy atom. The minimum atomic E-state index is -1.16. The van der Waals surface area contributed by atoms with Crippen molar-refractivity contribution >= 4 is 27.8 Å². The molecule has 0 aliphatic heterocycles. The van der Waals surface area contributed by atoms with Crippen molar-refractivity contribution < 1.29 is 24.2 Å². The van der Waals surface area contributed by atoms with Gasteiger partial charge in [-0.25, -0.2) is 4.79 Å². The number of carbonyl (C=O) groups is 2. The van der Waals surface area contributed by atoms with Crippen LogP contribution in [0.5, 0.6) is 11.5 Å². The molecule has 0 aromatic heterocycles. The van der Waals surface area contributed by atoms with Gasteiger partial charge in [0.25, 0.3) is 0 Å². The molecule has 1 rings (SSSR count). The van der Waals surface area contributed by atoms with Gasteiger partial charge in [-0.2, -0.15) is 0 Å². The van der Waals surface area contributed by atoms with Crippen LogP contribution in [0.2, 0.25) is 0 Å². The molecule has 0 spiro atoms. The van der Waals surface area contributed by atoms with Gasteiger partial charge in [0.05, 0.1) is 14.2 Å². The summed E-state index contributed by atoms with van der Waals surface area (Å²) < 4.78 is 10.7. The number of halogens is 1. The number of nitrogens with one attached hydrogen (secondary N) is 1. The normalized spacial score (nSPS) is 11.6. The molecule has 1 unspecified atom stereocenters. The maximum absolute atomic E-state index is 11.2. The van der Waals surface area contributed by atoms with Crippen LogP contribution in [0.4, 0.5) is 0 Å². The van der Waals surface area contributed by atoms with Gasteiger partial charge in [0, 0.05) is 17.0 Å². The molecule has 104 valence electrons. The zero-order chi connectivity index (χ0) is 14.6. The average Bonchev–Trinajstić information content (AvgIpc) is 2.35. The van der Waals surface area contributed by atoms with Crippen LogP contribution in [-0.4, -0.2) is 31.2 Å². The van der Waals surface area contributed by atoms with E-state index >= 15 is 0 Å². The molecular weight excluding hydrogens is 318 g/mol. The maximum Gasteiger partial charge on any atom is 0.330 e. The molecule has 2 N–H and O–H groups in total.